The van der Waals surface area contributed by atoms with Gasteiger partial charge in [0, 0.05) is 6.42 Å². The number of hydrogen-bond acceptors (Lipinski definition) is 6. The molecular formula is C16H30O6. The molecule has 0 aliphatic carbocycles. The summed E-state index contributed by atoms with van der Waals surface area (Å²) in [7, 11) is 0. The van der Waals surface area contributed by atoms with Crippen LogP contribution in [-0.4, -0.2) is 62.3 Å². The molecular weight excluding hydrogens is 288 g/mol. The first-order chi connectivity index (χ1) is 10.1. The van der Waals surface area contributed by atoms with E-state index in [1.165, 1.54) is 0 Å². The lowest BCUT2D eigenvalue weighted by Crippen LogP contribution is -2.41. The standard InChI is InChI=1S/C16H30O6/c1-9(2)10(3)5-12(18)7-14(20)16(22)15(21)11(4)6-13(19)8-17/h10-13,15-19,21-22H,1,5-8H2,2-4H3/t10-,11-,12-,13-,15+,16+/m1/s1. The van der Waals surface area contributed by atoms with E-state index in [1.807, 2.05) is 13.8 Å². The topological polar surface area (TPSA) is 118 Å². The molecule has 0 saturated carbocycles. The third-order valence-corrected chi connectivity index (χ3v) is 3.99. The second kappa shape index (κ2) is 10.1. The minimum Gasteiger partial charge on any atom is -0.394 e. The fraction of sp³-hybridized carbons (Fsp3) is 0.812. The minimum absolute atomic E-state index is 0.0588. The number of aliphatic hydroxyl groups excluding tert-OH is 5. The molecule has 130 valence electrons. The Labute approximate surface area is 132 Å². The zero-order valence-corrected chi connectivity index (χ0v) is 13.6. The van der Waals surface area contributed by atoms with Crippen molar-refractivity contribution in [2.24, 2.45) is 11.8 Å². The number of carbonyl (C=O) groups excluding carboxylic acids is 1. The van der Waals surface area contributed by atoms with E-state index in [2.05, 4.69) is 6.58 Å². The van der Waals surface area contributed by atoms with E-state index >= 15 is 0 Å². The molecule has 0 rings (SSSR count). The van der Waals surface area contributed by atoms with Crippen LogP contribution in [0.4, 0.5) is 0 Å². The van der Waals surface area contributed by atoms with E-state index in [1.54, 1.807) is 6.92 Å². The number of allylic oxidation sites excluding steroid dienone is 1. The molecule has 6 nitrogen and oxygen atoms in total. The van der Waals surface area contributed by atoms with Crippen molar-refractivity contribution >= 4 is 5.78 Å². The van der Waals surface area contributed by atoms with E-state index in [-0.39, 0.29) is 18.8 Å². The van der Waals surface area contributed by atoms with Crippen molar-refractivity contribution in [3.05, 3.63) is 12.2 Å². The van der Waals surface area contributed by atoms with Gasteiger partial charge in [-0.05, 0) is 31.6 Å². The predicted octanol–water partition coefficient (Wildman–Crippen LogP) is 0.0100. The minimum atomic E-state index is -1.62. The highest BCUT2D eigenvalue weighted by Crippen LogP contribution is 2.19. The van der Waals surface area contributed by atoms with Gasteiger partial charge in [0.05, 0.1) is 24.9 Å². The Kier molecular flexibility index (Phi) is 9.71. The van der Waals surface area contributed by atoms with E-state index in [4.69, 9.17) is 5.11 Å². The van der Waals surface area contributed by atoms with Crippen molar-refractivity contribution < 1.29 is 30.3 Å². The Morgan fingerprint density at radius 1 is 1.05 bits per heavy atom. The van der Waals surface area contributed by atoms with Crippen molar-refractivity contribution in [2.45, 2.75) is 64.4 Å². The summed E-state index contributed by atoms with van der Waals surface area (Å²) in [6.07, 6.45) is -4.69. The molecule has 0 aromatic carbocycles. The highest BCUT2D eigenvalue weighted by Gasteiger charge is 2.31. The van der Waals surface area contributed by atoms with Crippen LogP contribution in [0.3, 0.4) is 0 Å². The Bertz CT molecular complexity index is 357. The molecule has 0 aromatic heterocycles. The van der Waals surface area contributed by atoms with Crippen molar-refractivity contribution in [3.8, 4) is 0 Å². The van der Waals surface area contributed by atoms with Crippen molar-refractivity contribution in [1.29, 1.82) is 0 Å². The van der Waals surface area contributed by atoms with Crippen LogP contribution in [-0.2, 0) is 4.79 Å². The van der Waals surface area contributed by atoms with Gasteiger partial charge in [0.1, 0.15) is 6.10 Å². The number of aliphatic hydroxyl groups is 5. The Hall–Kier alpha value is -0.790. The zero-order valence-electron chi connectivity index (χ0n) is 13.6. The molecule has 0 aliphatic rings. The molecule has 6 atom stereocenters. The monoisotopic (exact) mass is 318 g/mol. The van der Waals surface area contributed by atoms with Crippen LogP contribution in [0, 0.1) is 11.8 Å². The summed E-state index contributed by atoms with van der Waals surface area (Å²) >= 11 is 0. The second-order valence-corrected chi connectivity index (χ2v) is 6.29. The molecule has 6 heteroatoms. The summed E-state index contributed by atoms with van der Waals surface area (Å²) in [5, 5.41) is 47.7. The number of Topliss-reactive ketones (excluding diaryl/α,β-unsaturated/α-hetero) is 1. The van der Waals surface area contributed by atoms with E-state index in [0.29, 0.717) is 6.42 Å². The predicted molar refractivity (Wildman–Crippen MR) is 83.1 cm³/mol. The molecule has 0 bridgehead atoms. The highest BCUT2D eigenvalue weighted by atomic mass is 16.3. The average molecular weight is 318 g/mol. The Morgan fingerprint density at radius 2 is 1.59 bits per heavy atom. The van der Waals surface area contributed by atoms with Gasteiger partial charge in [-0.15, -0.1) is 0 Å². The first-order valence-electron chi connectivity index (χ1n) is 7.61. The highest BCUT2D eigenvalue weighted by molar-refractivity contribution is 5.83. The van der Waals surface area contributed by atoms with E-state index < -0.39 is 42.7 Å². The number of ketones is 1. The van der Waals surface area contributed by atoms with E-state index in [9.17, 15) is 25.2 Å². The van der Waals surface area contributed by atoms with Crippen molar-refractivity contribution in [1.82, 2.24) is 0 Å². The third-order valence-electron chi connectivity index (χ3n) is 3.99. The lowest BCUT2D eigenvalue weighted by atomic mass is 9.89. The smallest absolute Gasteiger partial charge is 0.166 e. The van der Waals surface area contributed by atoms with Crippen molar-refractivity contribution in [2.75, 3.05) is 6.61 Å². The molecule has 0 aliphatic heterocycles. The molecule has 0 fully saturated rings. The summed E-state index contributed by atoms with van der Waals surface area (Å²) in [4.78, 5) is 11.9. The van der Waals surface area contributed by atoms with Crippen LogP contribution in [0.2, 0.25) is 0 Å². The van der Waals surface area contributed by atoms with Gasteiger partial charge in [-0.1, -0.05) is 26.0 Å². The van der Waals surface area contributed by atoms with Crippen LogP contribution < -0.4 is 0 Å². The van der Waals surface area contributed by atoms with Gasteiger partial charge < -0.3 is 25.5 Å². The van der Waals surface area contributed by atoms with Gasteiger partial charge in [-0.25, -0.2) is 0 Å². The first-order valence-corrected chi connectivity index (χ1v) is 7.61. The van der Waals surface area contributed by atoms with Crippen LogP contribution in [0.5, 0.6) is 0 Å². The van der Waals surface area contributed by atoms with Gasteiger partial charge in [-0.2, -0.15) is 0 Å². The zero-order chi connectivity index (χ0) is 17.4. The van der Waals surface area contributed by atoms with Gasteiger partial charge in [0.2, 0.25) is 0 Å². The summed E-state index contributed by atoms with van der Waals surface area (Å²) in [6, 6.07) is 0. The maximum absolute atomic E-state index is 11.9. The number of hydrogen-bond donors (Lipinski definition) is 5. The molecule has 22 heavy (non-hydrogen) atoms. The normalized spacial score (nSPS) is 19.8. The first kappa shape index (κ1) is 21.2. The molecule has 0 aromatic rings. The molecule has 0 amide bonds. The maximum Gasteiger partial charge on any atom is 0.166 e. The molecule has 0 spiro atoms. The SMILES string of the molecule is C=C(C)[C@H](C)C[C@@H](O)CC(=O)[C@H](O)[C@@H](O)[C@H](C)C[C@@H](O)CO. The molecule has 0 radical (unpaired) electrons. The lowest BCUT2D eigenvalue weighted by molar-refractivity contribution is -0.137. The van der Waals surface area contributed by atoms with Crippen LogP contribution in [0.1, 0.15) is 40.0 Å². The summed E-state index contributed by atoms with van der Waals surface area (Å²) in [6.45, 7) is 8.63. The van der Waals surface area contributed by atoms with Gasteiger partial charge in [0.15, 0.2) is 5.78 Å². The largest absolute Gasteiger partial charge is 0.394 e. The molecule has 0 heterocycles. The number of carbonyl (C=O) groups is 1. The van der Waals surface area contributed by atoms with E-state index in [0.717, 1.165) is 5.57 Å². The summed E-state index contributed by atoms with van der Waals surface area (Å²) in [5.74, 6) is -1.14. The third kappa shape index (κ3) is 7.47. The average Bonchev–Trinajstić information content (AvgIpc) is 2.44. The lowest BCUT2D eigenvalue weighted by Gasteiger charge is -2.25. The Balaban J connectivity index is 4.43. The molecule has 0 unspecified atom stereocenters. The summed E-state index contributed by atoms with van der Waals surface area (Å²) in [5.41, 5.74) is 0.902. The number of rotatable bonds is 11. The van der Waals surface area contributed by atoms with Crippen molar-refractivity contribution in [3.63, 3.8) is 0 Å². The van der Waals surface area contributed by atoms with Crippen LogP contribution >= 0.6 is 0 Å². The maximum atomic E-state index is 11.9. The van der Waals surface area contributed by atoms with Gasteiger partial charge >= 0.3 is 0 Å². The fourth-order valence-corrected chi connectivity index (χ4v) is 2.19. The fourth-order valence-electron chi connectivity index (χ4n) is 2.19. The van der Waals surface area contributed by atoms with Crippen LogP contribution in [0.15, 0.2) is 12.2 Å². The molecule has 5 N–H and O–H groups in total. The van der Waals surface area contributed by atoms with Gasteiger partial charge in [0.25, 0.3) is 0 Å². The Morgan fingerprint density at radius 3 is 2.05 bits per heavy atom. The molecule has 0 saturated heterocycles. The van der Waals surface area contributed by atoms with Gasteiger partial charge in [-0.3, -0.25) is 4.79 Å². The summed E-state index contributed by atoms with van der Waals surface area (Å²) < 4.78 is 0. The van der Waals surface area contributed by atoms with Crippen LogP contribution in [0.25, 0.3) is 0 Å². The quantitative estimate of drug-likeness (QED) is 0.343. The second-order valence-electron chi connectivity index (χ2n) is 6.29.